The number of nitrogens with two attached hydrogens (primary N) is 5. The van der Waals surface area contributed by atoms with Gasteiger partial charge in [0.25, 0.3) is 0 Å². The highest BCUT2D eigenvalue weighted by Gasteiger charge is 2.30. The Balaban J connectivity index is 2.16. The number of unbranched alkanes of at least 4 members (excludes halogenated alkanes) is 8. The van der Waals surface area contributed by atoms with Crippen molar-refractivity contribution in [2.75, 3.05) is 13.1 Å². The molecule has 2 rings (SSSR count). The van der Waals surface area contributed by atoms with Gasteiger partial charge in [0.2, 0.25) is 23.6 Å². The number of H-pyrrole nitrogens is 1. The number of para-hydroxylation sites is 1. The molecule has 0 aliphatic carbocycles. The summed E-state index contributed by atoms with van der Waals surface area (Å²) in [5.41, 5.74) is 29.0. The van der Waals surface area contributed by atoms with Crippen LogP contribution in [0.5, 0.6) is 0 Å². The number of guanidine groups is 2. The third kappa shape index (κ3) is 16.5. The lowest BCUT2D eigenvalue weighted by atomic mass is 10.0. The molecule has 0 unspecified atom stereocenters. The molecule has 0 saturated carbocycles. The Morgan fingerprint density at radius 2 is 1.22 bits per heavy atom. The fraction of sp³-hybridized carbons (Fsp3) is 0.600. The van der Waals surface area contributed by atoms with Crippen LogP contribution in [-0.2, 0) is 25.6 Å². The van der Waals surface area contributed by atoms with E-state index in [1.165, 1.54) is 32.1 Å². The van der Waals surface area contributed by atoms with Crippen molar-refractivity contribution >= 4 is 46.5 Å². The molecule has 0 radical (unpaired) electrons. The van der Waals surface area contributed by atoms with Gasteiger partial charge < -0.3 is 49.6 Å². The first-order valence-electron chi connectivity index (χ1n) is 17.9. The molecule has 0 aliphatic heterocycles. The number of rotatable bonds is 26. The molecule has 15 nitrogen and oxygen atoms in total. The molecular formula is C35H59N11O4. The minimum absolute atomic E-state index is 0.0711. The fourth-order valence-electron chi connectivity index (χ4n) is 5.70. The van der Waals surface area contributed by atoms with E-state index < -0.39 is 35.8 Å². The quantitative estimate of drug-likeness (QED) is 0.0395. The van der Waals surface area contributed by atoms with Gasteiger partial charge in [-0.25, -0.2) is 0 Å². The van der Waals surface area contributed by atoms with Gasteiger partial charge in [0.1, 0.15) is 18.1 Å². The minimum atomic E-state index is -1.10. The minimum Gasteiger partial charge on any atom is -0.370 e. The summed E-state index contributed by atoms with van der Waals surface area (Å²) in [5.74, 6) is -2.28. The number of aromatic nitrogens is 1. The summed E-state index contributed by atoms with van der Waals surface area (Å²) < 4.78 is 0. The van der Waals surface area contributed by atoms with Crippen LogP contribution in [0.3, 0.4) is 0 Å². The lowest BCUT2D eigenvalue weighted by molar-refractivity contribution is -0.133. The maximum Gasteiger partial charge on any atom is 0.243 e. The molecule has 278 valence electrons. The smallest absolute Gasteiger partial charge is 0.243 e. The predicted molar refractivity (Wildman–Crippen MR) is 199 cm³/mol. The molecule has 50 heavy (non-hydrogen) atoms. The lowest BCUT2D eigenvalue weighted by Crippen LogP contribution is -2.57. The first-order valence-corrected chi connectivity index (χ1v) is 17.9. The van der Waals surface area contributed by atoms with Crippen molar-refractivity contribution in [3.8, 4) is 0 Å². The highest BCUT2D eigenvalue weighted by Crippen LogP contribution is 2.20. The van der Waals surface area contributed by atoms with Crippen molar-refractivity contribution in [1.82, 2.24) is 20.9 Å². The number of hydrogen-bond acceptors (Lipinski definition) is 6. The van der Waals surface area contributed by atoms with Crippen LogP contribution >= 0.6 is 0 Å². The van der Waals surface area contributed by atoms with Gasteiger partial charge in [-0.2, -0.15) is 0 Å². The first-order chi connectivity index (χ1) is 24.0. The van der Waals surface area contributed by atoms with Crippen molar-refractivity contribution in [1.29, 1.82) is 0 Å². The van der Waals surface area contributed by atoms with Crippen LogP contribution in [0.4, 0.5) is 0 Å². The van der Waals surface area contributed by atoms with Crippen molar-refractivity contribution in [2.45, 2.75) is 121 Å². The van der Waals surface area contributed by atoms with Gasteiger partial charge in [-0.05, 0) is 43.7 Å². The Hall–Kier alpha value is -4.82. The molecule has 0 bridgehead atoms. The summed E-state index contributed by atoms with van der Waals surface area (Å²) >= 11 is 0. The van der Waals surface area contributed by atoms with Crippen LogP contribution in [0, 0.1) is 0 Å². The molecule has 0 spiro atoms. The van der Waals surface area contributed by atoms with Crippen molar-refractivity contribution in [2.24, 2.45) is 38.7 Å². The van der Waals surface area contributed by atoms with Crippen LogP contribution in [0.1, 0.15) is 102 Å². The van der Waals surface area contributed by atoms with E-state index in [-0.39, 0.29) is 56.6 Å². The number of fused-ring (bicyclic) bond motifs is 1. The largest absolute Gasteiger partial charge is 0.370 e. The Kier molecular flexibility index (Phi) is 19.5. The Bertz CT molecular complexity index is 1400. The average molecular weight is 698 g/mol. The third-order valence-electron chi connectivity index (χ3n) is 8.44. The van der Waals surface area contributed by atoms with Gasteiger partial charge in [0, 0.05) is 43.0 Å². The second-order valence-electron chi connectivity index (χ2n) is 12.7. The van der Waals surface area contributed by atoms with Crippen molar-refractivity contribution in [3.63, 3.8) is 0 Å². The normalized spacial score (nSPS) is 12.7. The van der Waals surface area contributed by atoms with E-state index in [0.29, 0.717) is 19.3 Å². The van der Waals surface area contributed by atoms with Crippen molar-refractivity contribution < 1.29 is 19.2 Å². The molecule has 14 N–H and O–H groups in total. The van der Waals surface area contributed by atoms with Gasteiger partial charge in [0.15, 0.2) is 11.9 Å². The summed E-state index contributed by atoms with van der Waals surface area (Å²) in [6, 6.07) is 4.51. The zero-order valence-corrected chi connectivity index (χ0v) is 29.6. The van der Waals surface area contributed by atoms with E-state index in [4.69, 9.17) is 28.7 Å². The van der Waals surface area contributed by atoms with E-state index in [2.05, 4.69) is 37.8 Å². The maximum atomic E-state index is 13.8. The Labute approximate surface area is 295 Å². The van der Waals surface area contributed by atoms with Gasteiger partial charge in [-0.15, -0.1) is 0 Å². The molecule has 15 heteroatoms. The van der Waals surface area contributed by atoms with E-state index in [1.807, 2.05) is 24.3 Å². The van der Waals surface area contributed by atoms with Crippen LogP contribution < -0.4 is 44.6 Å². The molecule has 0 fully saturated rings. The van der Waals surface area contributed by atoms with E-state index in [1.54, 1.807) is 6.20 Å². The molecule has 3 atom stereocenters. The van der Waals surface area contributed by atoms with Gasteiger partial charge in [-0.1, -0.05) is 76.5 Å². The first kappa shape index (κ1) is 41.4. The number of carbonyl (C=O) groups is 4. The van der Waals surface area contributed by atoms with Gasteiger partial charge in [-0.3, -0.25) is 29.2 Å². The number of benzene rings is 1. The molecule has 4 amide bonds. The standard InChI is InChI=1S/C35H59N11O4/c1-2-3-4-5-6-7-8-9-10-19-30(47)44-28(18-14-21-42-35(39)40)32(49)46-29(22-24-23-43-26-16-12-11-15-25(24)26)33(50)45-27(31(36)48)17-13-20-41-34(37)38/h11-12,15-16,23,27-29,43H,2-10,13-14,17-22H2,1H3,(H2,36,48)(H,44,47)(H,45,50)(H,46,49)(H4,37,38,41)(H4,39,40,42)/t27-,28-,29-/m0/s1. The summed E-state index contributed by atoms with van der Waals surface area (Å²) in [7, 11) is 0. The molecule has 0 aliphatic rings. The fourth-order valence-corrected chi connectivity index (χ4v) is 5.70. The molecular weight excluding hydrogens is 638 g/mol. The number of nitrogens with one attached hydrogen (secondary N) is 4. The number of aliphatic imine (C=N–C) groups is 2. The second kappa shape index (κ2) is 23.5. The Morgan fingerprint density at radius 1 is 0.680 bits per heavy atom. The highest BCUT2D eigenvalue weighted by atomic mass is 16.2. The average Bonchev–Trinajstić information content (AvgIpc) is 3.48. The molecule has 0 saturated heterocycles. The van der Waals surface area contributed by atoms with E-state index in [0.717, 1.165) is 35.7 Å². The van der Waals surface area contributed by atoms with E-state index in [9.17, 15) is 19.2 Å². The summed E-state index contributed by atoms with van der Waals surface area (Å²) in [5, 5.41) is 9.27. The zero-order chi connectivity index (χ0) is 36.7. The topological polar surface area (TPSA) is 275 Å². The number of nitrogens with zero attached hydrogens (tertiary/aromatic N) is 2. The van der Waals surface area contributed by atoms with Gasteiger partial charge >= 0.3 is 0 Å². The lowest BCUT2D eigenvalue weighted by Gasteiger charge is -2.25. The monoisotopic (exact) mass is 697 g/mol. The van der Waals surface area contributed by atoms with Crippen LogP contribution in [-0.4, -0.2) is 71.7 Å². The van der Waals surface area contributed by atoms with Crippen LogP contribution in [0.25, 0.3) is 10.9 Å². The van der Waals surface area contributed by atoms with Gasteiger partial charge in [0.05, 0.1) is 0 Å². The number of carbonyl (C=O) groups excluding carboxylic acids is 4. The summed E-state index contributed by atoms with van der Waals surface area (Å²) in [6.07, 6.45) is 13.4. The summed E-state index contributed by atoms with van der Waals surface area (Å²) in [6.45, 7) is 2.71. The maximum absolute atomic E-state index is 13.8. The Morgan fingerprint density at radius 3 is 1.82 bits per heavy atom. The number of hydrogen-bond donors (Lipinski definition) is 9. The molecule has 2 aromatic rings. The number of primary amides is 1. The van der Waals surface area contributed by atoms with Crippen LogP contribution in [0.15, 0.2) is 40.4 Å². The SMILES string of the molecule is CCCCCCCCCCCC(=O)N[C@@H](CCCN=C(N)N)C(=O)N[C@@H](Cc1c[nH]c2ccccc12)C(=O)N[C@@H](CCCN=C(N)N)C(N)=O. The zero-order valence-electron chi connectivity index (χ0n) is 29.6. The molecule has 1 aromatic carbocycles. The third-order valence-corrected chi connectivity index (χ3v) is 8.44. The summed E-state index contributed by atoms with van der Waals surface area (Å²) in [4.78, 5) is 63.9. The molecule has 1 heterocycles. The number of amides is 4. The highest BCUT2D eigenvalue weighted by molar-refractivity contribution is 5.94. The molecule has 1 aromatic heterocycles. The second-order valence-corrected chi connectivity index (χ2v) is 12.7. The van der Waals surface area contributed by atoms with Crippen LogP contribution in [0.2, 0.25) is 0 Å². The number of aromatic amines is 1. The van der Waals surface area contributed by atoms with E-state index >= 15 is 0 Å². The van der Waals surface area contributed by atoms with Crippen molar-refractivity contribution in [3.05, 3.63) is 36.0 Å². The predicted octanol–water partition coefficient (Wildman–Crippen LogP) is 1.68.